The predicted octanol–water partition coefficient (Wildman–Crippen LogP) is 9.99. The quantitative estimate of drug-likeness (QED) is 0.171. The average Bonchev–Trinajstić information content (AvgIpc) is 3.60. The van der Waals surface area contributed by atoms with Crippen LogP contribution in [0, 0.1) is 12.7 Å². The number of carbonyl (C=O) groups excluding carboxylic acids is 1. The van der Waals surface area contributed by atoms with E-state index in [1.54, 1.807) is 18.2 Å². The van der Waals surface area contributed by atoms with Crippen molar-refractivity contribution in [2.24, 2.45) is 4.99 Å². The number of para-hydroxylation sites is 1. The van der Waals surface area contributed by atoms with E-state index < -0.39 is 17.6 Å². The number of aliphatic imine (C=N–C) groups is 1. The van der Waals surface area contributed by atoms with Crippen LogP contribution in [0.15, 0.2) is 96.0 Å². The largest absolute Gasteiger partial charge is 0.483 e. The monoisotopic (exact) mass is 655 g/mol. The number of hydrogen-bond donors (Lipinski definition) is 2. The molecule has 5 nitrogen and oxygen atoms in total. The second kappa shape index (κ2) is 11.9. The van der Waals surface area contributed by atoms with Gasteiger partial charge in [-0.05, 0) is 78.2 Å². The number of benzene rings is 4. The molecule has 236 valence electrons. The Bertz CT molecular complexity index is 2180. The van der Waals surface area contributed by atoms with Crippen LogP contribution in [0.2, 0.25) is 5.02 Å². The molecular weight excluding hydrogens is 630 g/mol. The minimum atomic E-state index is -4.70. The Hall–Kier alpha value is -5.15. The van der Waals surface area contributed by atoms with Crippen LogP contribution in [-0.4, -0.2) is 23.2 Å². The fourth-order valence-corrected chi connectivity index (χ4v) is 6.35. The van der Waals surface area contributed by atoms with Gasteiger partial charge in [-0.3, -0.25) is 9.79 Å². The molecule has 0 atom stereocenters. The normalized spacial score (nSPS) is 13.7. The van der Waals surface area contributed by atoms with Gasteiger partial charge >= 0.3 is 6.18 Å². The smallest absolute Gasteiger partial charge is 0.416 e. The Balaban J connectivity index is 1.18. The number of fused-ring (bicyclic) bond motifs is 4. The minimum Gasteiger partial charge on any atom is -0.483 e. The fraction of sp³-hybridized carbons (Fsp3) is 0.135. The predicted molar refractivity (Wildman–Crippen MR) is 177 cm³/mol. The maximum atomic E-state index is 14.3. The summed E-state index contributed by atoms with van der Waals surface area (Å²) in [5, 5.41) is 4.07. The second-order valence-corrected chi connectivity index (χ2v) is 11.9. The topological polar surface area (TPSA) is 66.5 Å². The zero-order valence-electron chi connectivity index (χ0n) is 24.9. The fourth-order valence-electron chi connectivity index (χ4n) is 6.18. The average molecular weight is 656 g/mol. The molecule has 47 heavy (non-hydrogen) atoms. The number of halogens is 5. The number of rotatable bonds is 7. The Labute approximate surface area is 272 Å². The van der Waals surface area contributed by atoms with Gasteiger partial charge in [-0.2, -0.15) is 13.2 Å². The van der Waals surface area contributed by atoms with Gasteiger partial charge in [-0.25, -0.2) is 4.39 Å². The SMILES string of the molecule is Cc1c(NC(=O)COc2ccc(Cl)cc2-c2[nH]c3ccccc3c2Cc2cc(F)cc(C(F)(F)F)c2)ccc2c1C1=CC=CCC1=N2. The van der Waals surface area contributed by atoms with Crippen LogP contribution in [0.4, 0.5) is 28.9 Å². The molecule has 0 saturated carbocycles. The van der Waals surface area contributed by atoms with E-state index in [2.05, 4.69) is 16.4 Å². The van der Waals surface area contributed by atoms with Crippen LogP contribution in [-0.2, 0) is 17.4 Å². The van der Waals surface area contributed by atoms with E-state index in [-0.39, 0.29) is 24.5 Å². The number of nitrogens with zero attached hydrogens (tertiary/aromatic N) is 1. The summed E-state index contributed by atoms with van der Waals surface area (Å²) in [4.78, 5) is 21.2. The number of aromatic amines is 1. The van der Waals surface area contributed by atoms with E-state index in [0.29, 0.717) is 39.3 Å². The Morgan fingerprint density at radius 1 is 1.06 bits per heavy atom. The van der Waals surface area contributed by atoms with Gasteiger partial charge in [0.25, 0.3) is 5.91 Å². The molecule has 7 rings (SSSR count). The van der Waals surface area contributed by atoms with Gasteiger partial charge < -0.3 is 15.0 Å². The molecule has 0 spiro atoms. The first kappa shape index (κ1) is 30.5. The lowest BCUT2D eigenvalue weighted by Crippen LogP contribution is -2.21. The van der Waals surface area contributed by atoms with E-state index in [1.807, 2.05) is 55.5 Å². The molecule has 5 aromatic rings. The number of carbonyl (C=O) groups is 1. The number of nitrogens with one attached hydrogen (secondary N) is 2. The third-order valence-corrected chi connectivity index (χ3v) is 8.55. The molecule has 10 heteroatoms. The molecule has 4 aromatic carbocycles. The van der Waals surface area contributed by atoms with E-state index in [1.165, 1.54) is 0 Å². The molecule has 2 aliphatic rings. The van der Waals surface area contributed by atoms with Crippen LogP contribution in [0.3, 0.4) is 0 Å². The van der Waals surface area contributed by atoms with Crippen molar-refractivity contribution in [1.29, 1.82) is 0 Å². The first-order valence-electron chi connectivity index (χ1n) is 14.8. The zero-order valence-corrected chi connectivity index (χ0v) is 25.7. The molecule has 1 aliphatic heterocycles. The Morgan fingerprint density at radius 2 is 1.89 bits per heavy atom. The van der Waals surface area contributed by atoms with Gasteiger partial charge in [0, 0.05) is 51.2 Å². The molecule has 2 N–H and O–H groups in total. The highest BCUT2D eigenvalue weighted by atomic mass is 35.5. The number of ether oxygens (including phenoxy) is 1. The van der Waals surface area contributed by atoms with E-state index in [9.17, 15) is 22.4 Å². The van der Waals surface area contributed by atoms with Crippen molar-refractivity contribution in [2.75, 3.05) is 11.9 Å². The summed E-state index contributed by atoms with van der Waals surface area (Å²) < 4.78 is 60.9. The third kappa shape index (κ3) is 5.94. The van der Waals surface area contributed by atoms with Gasteiger partial charge in [-0.15, -0.1) is 0 Å². The lowest BCUT2D eigenvalue weighted by molar-refractivity contribution is -0.137. The number of alkyl halides is 3. The van der Waals surface area contributed by atoms with Crippen molar-refractivity contribution in [3.63, 3.8) is 0 Å². The first-order valence-corrected chi connectivity index (χ1v) is 15.2. The van der Waals surface area contributed by atoms with Crippen molar-refractivity contribution < 1.29 is 27.1 Å². The summed E-state index contributed by atoms with van der Waals surface area (Å²) in [5.74, 6) is -1.04. The van der Waals surface area contributed by atoms with Crippen LogP contribution in [0.5, 0.6) is 5.75 Å². The van der Waals surface area contributed by atoms with Crippen molar-refractivity contribution in [3.05, 3.63) is 130 Å². The highest BCUT2D eigenvalue weighted by Gasteiger charge is 2.32. The summed E-state index contributed by atoms with van der Waals surface area (Å²) in [6.45, 7) is 1.62. The van der Waals surface area contributed by atoms with Gasteiger partial charge in [0.2, 0.25) is 0 Å². The van der Waals surface area contributed by atoms with Gasteiger partial charge in [0.15, 0.2) is 6.61 Å². The van der Waals surface area contributed by atoms with Crippen molar-refractivity contribution in [2.45, 2.75) is 25.9 Å². The standard InChI is InChI=1S/C37H26ClF4N3O2/c1-20-29(11-12-32-35(20)26-7-3-5-9-31(26)43-32)44-34(46)19-47-33-13-10-23(38)18-28(33)36-27(25-6-2-4-8-30(25)45-36)16-21-14-22(37(40,41)42)17-24(39)15-21/h2-8,10-15,17-18,45H,9,16,19H2,1H3,(H,44,46). The van der Waals surface area contributed by atoms with E-state index in [4.69, 9.17) is 21.3 Å². The number of aromatic nitrogens is 1. The van der Waals surface area contributed by atoms with Crippen molar-refractivity contribution in [3.8, 4) is 17.0 Å². The molecule has 0 radical (unpaired) electrons. The van der Waals surface area contributed by atoms with Crippen LogP contribution < -0.4 is 10.1 Å². The molecule has 2 heterocycles. The minimum absolute atomic E-state index is 0.0120. The first-order chi connectivity index (χ1) is 22.5. The maximum Gasteiger partial charge on any atom is 0.416 e. The number of amides is 1. The Morgan fingerprint density at radius 3 is 2.72 bits per heavy atom. The zero-order chi connectivity index (χ0) is 32.9. The van der Waals surface area contributed by atoms with Gasteiger partial charge in [0.1, 0.15) is 11.6 Å². The van der Waals surface area contributed by atoms with E-state index >= 15 is 0 Å². The highest BCUT2D eigenvalue weighted by molar-refractivity contribution is 6.31. The second-order valence-electron chi connectivity index (χ2n) is 11.4. The van der Waals surface area contributed by atoms with Gasteiger partial charge in [-0.1, -0.05) is 48.0 Å². The number of H-pyrrole nitrogens is 1. The lowest BCUT2D eigenvalue weighted by Gasteiger charge is -2.16. The summed E-state index contributed by atoms with van der Waals surface area (Å²) in [5.41, 5.74) is 6.92. The molecule has 0 saturated heterocycles. The highest BCUT2D eigenvalue weighted by Crippen LogP contribution is 2.42. The molecule has 1 aromatic heterocycles. The van der Waals surface area contributed by atoms with Crippen LogP contribution >= 0.6 is 11.6 Å². The van der Waals surface area contributed by atoms with E-state index in [0.717, 1.165) is 57.6 Å². The molecular formula is C37H26ClF4N3O2. The maximum absolute atomic E-state index is 14.3. The lowest BCUT2D eigenvalue weighted by atomic mass is 9.93. The third-order valence-electron chi connectivity index (χ3n) is 8.31. The number of hydrogen-bond acceptors (Lipinski definition) is 3. The summed E-state index contributed by atoms with van der Waals surface area (Å²) >= 11 is 6.41. The molecule has 0 unspecified atom stereocenters. The number of anilines is 1. The molecule has 1 amide bonds. The summed E-state index contributed by atoms with van der Waals surface area (Å²) in [7, 11) is 0. The molecule has 0 bridgehead atoms. The number of allylic oxidation sites excluding steroid dienone is 4. The molecule has 1 aliphatic carbocycles. The summed E-state index contributed by atoms with van der Waals surface area (Å²) in [6, 6.07) is 18.4. The Kier molecular flexibility index (Phi) is 7.72. The van der Waals surface area contributed by atoms with Gasteiger partial charge in [0.05, 0.1) is 22.7 Å². The van der Waals surface area contributed by atoms with Crippen LogP contribution in [0.1, 0.15) is 34.2 Å². The van der Waals surface area contributed by atoms with Crippen LogP contribution in [0.25, 0.3) is 27.7 Å². The summed E-state index contributed by atoms with van der Waals surface area (Å²) in [6.07, 6.45) is 2.13. The van der Waals surface area contributed by atoms with Crippen molar-refractivity contribution in [1.82, 2.24) is 4.98 Å². The molecule has 0 fully saturated rings. The van der Waals surface area contributed by atoms with Crippen molar-refractivity contribution >= 4 is 51.1 Å².